The molecule has 0 aliphatic heterocycles. The summed E-state index contributed by atoms with van der Waals surface area (Å²) in [7, 11) is -3.76. The maximum atomic E-state index is 12.2. The van der Waals surface area contributed by atoms with Crippen LogP contribution in [0.25, 0.3) is 0 Å². The fourth-order valence-corrected chi connectivity index (χ4v) is 3.18. The molecule has 106 valence electrons. The number of sulfonamides is 1. The lowest BCUT2D eigenvalue weighted by molar-refractivity contribution is 0.561. The van der Waals surface area contributed by atoms with Crippen LogP contribution in [0, 0.1) is 0 Å². The van der Waals surface area contributed by atoms with Gasteiger partial charge in [-0.3, -0.25) is 0 Å². The molecule has 3 N–H and O–H groups in total. The van der Waals surface area contributed by atoms with E-state index in [4.69, 9.17) is 34.0 Å². The number of nitrogens with one attached hydrogen (secondary N) is 1. The topological polar surface area (TPSA) is 85.3 Å². The first kappa shape index (κ1) is 15.0. The molecule has 1 heterocycles. The van der Waals surface area contributed by atoms with Crippen LogP contribution in [-0.2, 0) is 16.6 Å². The average molecular weight is 331 g/mol. The Morgan fingerprint density at radius 1 is 1.40 bits per heavy atom. The first-order valence-corrected chi connectivity index (χ1v) is 7.77. The summed E-state index contributed by atoms with van der Waals surface area (Å²) in [6.07, 6.45) is 2.92. The standard InChI is InChI=1S/C12H11ClN2O3S2/c13-10-2-1-9(12(14)19)5-11(10)20(16,17)15-6-8-3-4-18-7-8/h1-5,7,15H,6H2,(H2,14,19). The van der Waals surface area contributed by atoms with Crippen molar-refractivity contribution in [3.8, 4) is 0 Å². The summed E-state index contributed by atoms with van der Waals surface area (Å²) in [5.74, 6) is 0. The predicted octanol–water partition coefficient (Wildman–Crippen LogP) is 2.05. The zero-order valence-electron chi connectivity index (χ0n) is 10.2. The van der Waals surface area contributed by atoms with E-state index >= 15 is 0 Å². The third-order valence-electron chi connectivity index (χ3n) is 2.55. The zero-order chi connectivity index (χ0) is 14.8. The summed E-state index contributed by atoms with van der Waals surface area (Å²) in [6.45, 7) is 0.104. The Morgan fingerprint density at radius 3 is 2.75 bits per heavy atom. The van der Waals surface area contributed by atoms with Gasteiger partial charge >= 0.3 is 0 Å². The van der Waals surface area contributed by atoms with Crippen LogP contribution in [-0.4, -0.2) is 13.4 Å². The molecule has 2 rings (SSSR count). The molecule has 0 spiro atoms. The Labute approximate surface area is 126 Å². The number of benzene rings is 1. The van der Waals surface area contributed by atoms with E-state index in [2.05, 4.69) is 4.72 Å². The quantitative estimate of drug-likeness (QED) is 0.819. The third-order valence-corrected chi connectivity index (χ3v) is 4.67. The van der Waals surface area contributed by atoms with E-state index in [0.717, 1.165) is 0 Å². The van der Waals surface area contributed by atoms with E-state index < -0.39 is 10.0 Å². The van der Waals surface area contributed by atoms with Crippen molar-refractivity contribution in [2.45, 2.75) is 11.4 Å². The van der Waals surface area contributed by atoms with Gasteiger partial charge in [-0.25, -0.2) is 13.1 Å². The molecule has 8 heteroatoms. The summed E-state index contributed by atoms with van der Waals surface area (Å²) in [6, 6.07) is 6.03. The molecule has 1 aromatic heterocycles. The van der Waals surface area contributed by atoms with Gasteiger partial charge in [0.1, 0.15) is 9.88 Å². The molecule has 0 saturated carbocycles. The first-order valence-electron chi connectivity index (χ1n) is 5.50. The second kappa shape index (κ2) is 5.92. The Morgan fingerprint density at radius 2 is 2.15 bits per heavy atom. The number of hydrogen-bond donors (Lipinski definition) is 2. The van der Waals surface area contributed by atoms with Crippen molar-refractivity contribution in [1.29, 1.82) is 0 Å². The highest BCUT2D eigenvalue weighted by Crippen LogP contribution is 2.22. The van der Waals surface area contributed by atoms with Crippen molar-refractivity contribution in [2.24, 2.45) is 5.73 Å². The minimum absolute atomic E-state index is 0.0621. The zero-order valence-corrected chi connectivity index (χ0v) is 12.6. The summed E-state index contributed by atoms with van der Waals surface area (Å²) in [5.41, 5.74) is 6.63. The minimum atomic E-state index is -3.76. The van der Waals surface area contributed by atoms with Gasteiger partial charge in [-0.15, -0.1) is 0 Å². The van der Waals surface area contributed by atoms with Crippen molar-refractivity contribution < 1.29 is 12.8 Å². The molecule has 2 aromatic rings. The maximum absolute atomic E-state index is 12.2. The van der Waals surface area contributed by atoms with E-state index in [1.807, 2.05) is 0 Å². The summed E-state index contributed by atoms with van der Waals surface area (Å²) in [5, 5.41) is 0.102. The highest BCUT2D eigenvalue weighted by molar-refractivity contribution is 7.89. The van der Waals surface area contributed by atoms with Gasteiger partial charge < -0.3 is 10.2 Å². The molecule has 20 heavy (non-hydrogen) atoms. The molecular formula is C12H11ClN2O3S2. The molecule has 0 fully saturated rings. The van der Waals surface area contributed by atoms with Crippen LogP contribution in [0.1, 0.15) is 11.1 Å². The van der Waals surface area contributed by atoms with Gasteiger partial charge in [0.05, 0.1) is 17.5 Å². The average Bonchev–Trinajstić information content (AvgIpc) is 2.89. The normalized spacial score (nSPS) is 11.4. The van der Waals surface area contributed by atoms with E-state index in [-0.39, 0.29) is 21.5 Å². The van der Waals surface area contributed by atoms with Crippen LogP contribution in [0.5, 0.6) is 0 Å². The molecule has 5 nitrogen and oxygen atoms in total. The van der Waals surface area contributed by atoms with Crippen LogP contribution >= 0.6 is 23.8 Å². The van der Waals surface area contributed by atoms with Crippen molar-refractivity contribution in [3.63, 3.8) is 0 Å². The Balaban J connectivity index is 2.28. The molecular weight excluding hydrogens is 320 g/mol. The monoisotopic (exact) mass is 330 g/mol. The molecule has 1 aromatic carbocycles. The van der Waals surface area contributed by atoms with Gasteiger partial charge in [0.2, 0.25) is 10.0 Å². The minimum Gasteiger partial charge on any atom is -0.472 e. The second-order valence-corrected chi connectivity index (χ2v) is 6.55. The largest absolute Gasteiger partial charge is 0.472 e. The fraction of sp³-hybridized carbons (Fsp3) is 0.0833. The van der Waals surface area contributed by atoms with Crippen LogP contribution in [0.3, 0.4) is 0 Å². The molecule has 0 bridgehead atoms. The van der Waals surface area contributed by atoms with Gasteiger partial charge in [-0.05, 0) is 18.2 Å². The fourth-order valence-electron chi connectivity index (χ4n) is 1.51. The lowest BCUT2D eigenvalue weighted by Gasteiger charge is -2.09. The lowest BCUT2D eigenvalue weighted by atomic mass is 10.2. The van der Waals surface area contributed by atoms with Gasteiger partial charge in [-0.2, -0.15) is 0 Å². The number of hydrogen-bond acceptors (Lipinski definition) is 4. The van der Waals surface area contributed by atoms with E-state index in [0.29, 0.717) is 11.1 Å². The number of furan rings is 1. The smallest absolute Gasteiger partial charge is 0.242 e. The van der Waals surface area contributed by atoms with Crippen molar-refractivity contribution in [3.05, 3.63) is 52.9 Å². The number of rotatable bonds is 5. The Bertz CT molecular complexity index is 727. The SMILES string of the molecule is NC(=S)c1ccc(Cl)c(S(=O)(=O)NCc2ccoc2)c1. The molecule has 0 atom stereocenters. The first-order chi connectivity index (χ1) is 9.40. The van der Waals surface area contributed by atoms with Crippen molar-refractivity contribution >= 4 is 38.8 Å². The summed E-state index contributed by atoms with van der Waals surface area (Å²) < 4.78 is 31.7. The molecule has 0 radical (unpaired) electrons. The summed E-state index contributed by atoms with van der Waals surface area (Å²) >= 11 is 10.7. The highest BCUT2D eigenvalue weighted by atomic mass is 35.5. The maximum Gasteiger partial charge on any atom is 0.242 e. The third kappa shape index (κ3) is 3.37. The number of thiocarbonyl (C=S) groups is 1. The predicted molar refractivity (Wildman–Crippen MR) is 80.1 cm³/mol. The van der Waals surface area contributed by atoms with E-state index in [1.54, 1.807) is 12.1 Å². The lowest BCUT2D eigenvalue weighted by Crippen LogP contribution is -2.24. The van der Waals surface area contributed by atoms with Crippen LogP contribution in [0.15, 0.2) is 46.1 Å². The molecule has 0 unspecified atom stereocenters. The molecule has 0 amide bonds. The van der Waals surface area contributed by atoms with Crippen molar-refractivity contribution in [2.75, 3.05) is 0 Å². The van der Waals surface area contributed by atoms with Crippen LogP contribution < -0.4 is 10.5 Å². The summed E-state index contributed by atoms with van der Waals surface area (Å²) in [4.78, 5) is 0.0425. The van der Waals surface area contributed by atoms with Crippen LogP contribution in [0.4, 0.5) is 0 Å². The molecule has 0 saturated heterocycles. The van der Waals surface area contributed by atoms with E-state index in [1.165, 1.54) is 24.7 Å². The Hall–Kier alpha value is -1.41. The molecule has 0 aliphatic rings. The number of nitrogens with two attached hydrogens (primary N) is 1. The van der Waals surface area contributed by atoms with Gasteiger partial charge in [0, 0.05) is 17.7 Å². The van der Waals surface area contributed by atoms with Gasteiger partial charge in [0.25, 0.3) is 0 Å². The Kier molecular flexibility index (Phi) is 4.44. The van der Waals surface area contributed by atoms with Crippen molar-refractivity contribution in [1.82, 2.24) is 4.72 Å². The highest BCUT2D eigenvalue weighted by Gasteiger charge is 2.19. The van der Waals surface area contributed by atoms with Gasteiger partial charge in [0.15, 0.2) is 0 Å². The second-order valence-electron chi connectivity index (χ2n) is 3.97. The molecule has 0 aliphatic carbocycles. The van der Waals surface area contributed by atoms with Crippen LogP contribution in [0.2, 0.25) is 5.02 Å². The number of halogens is 1. The van der Waals surface area contributed by atoms with E-state index in [9.17, 15) is 8.42 Å². The van der Waals surface area contributed by atoms with Gasteiger partial charge in [-0.1, -0.05) is 29.9 Å².